The highest BCUT2D eigenvalue weighted by atomic mass is 19.1. The summed E-state index contributed by atoms with van der Waals surface area (Å²) < 4.78 is 34.0. The van der Waals surface area contributed by atoms with E-state index in [0.29, 0.717) is 5.89 Å². The van der Waals surface area contributed by atoms with Gasteiger partial charge in [-0.15, -0.1) is 5.10 Å². The molecule has 5 rings (SSSR count). The molecule has 27 heavy (non-hydrogen) atoms. The average Bonchev–Trinajstić information content (AvgIpc) is 3.22. The largest absolute Gasteiger partial charge is 0.449 e. The average molecular weight is 367 g/mol. The van der Waals surface area contributed by atoms with Gasteiger partial charge in [0.1, 0.15) is 17.9 Å². The number of aromatic nitrogens is 3. The number of halogens is 2. The van der Waals surface area contributed by atoms with Crippen LogP contribution in [0.4, 0.5) is 8.78 Å². The molecule has 2 aliphatic rings. The number of hydrogen-bond acceptors (Lipinski definition) is 4. The number of aryl methyl sites for hydroxylation is 1. The van der Waals surface area contributed by atoms with Crippen LogP contribution in [-0.2, 0) is 5.41 Å². The van der Waals surface area contributed by atoms with E-state index in [0.717, 1.165) is 29.8 Å². The molecule has 138 valence electrons. The van der Waals surface area contributed by atoms with Gasteiger partial charge in [0.05, 0.1) is 28.1 Å². The number of rotatable bonds is 2. The molecule has 0 aliphatic heterocycles. The van der Waals surface area contributed by atoms with E-state index in [1.165, 1.54) is 18.2 Å². The second-order valence-corrected chi connectivity index (χ2v) is 8.10. The number of oxazole rings is 1. The zero-order chi connectivity index (χ0) is 19.0. The lowest BCUT2D eigenvalue weighted by Gasteiger charge is -2.36. The number of benzene rings is 1. The maximum atomic E-state index is 14.2. The van der Waals surface area contributed by atoms with Gasteiger partial charge in [-0.1, -0.05) is 19.9 Å². The van der Waals surface area contributed by atoms with Crippen molar-refractivity contribution in [2.45, 2.75) is 44.9 Å². The van der Waals surface area contributed by atoms with Gasteiger partial charge in [0.15, 0.2) is 5.89 Å². The van der Waals surface area contributed by atoms with Crippen molar-refractivity contribution in [1.29, 1.82) is 0 Å². The van der Waals surface area contributed by atoms with E-state index in [1.807, 2.05) is 13.0 Å². The van der Waals surface area contributed by atoms with E-state index in [1.54, 1.807) is 6.26 Å². The van der Waals surface area contributed by atoms with Crippen LogP contribution in [0.5, 0.6) is 0 Å². The maximum absolute atomic E-state index is 14.2. The van der Waals surface area contributed by atoms with Gasteiger partial charge in [0, 0.05) is 6.92 Å². The van der Waals surface area contributed by atoms with Crippen LogP contribution in [0.3, 0.4) is 0 Å². The SMILES string of the molecule is Cc1nc([C@@]23CC[C@@H](c4cc(-c5c(F)cccc5F)nnc42)C3(C)C)co1. The summed E-state index contributed by atoms with van der Waals surface area (Å²) in [6, 6.07) is 5.64. The Kier molecular flexibility index (Phi) is 3.19. The van der Waals surface area contributed by atoms with Crippen LogP contribution in [0.2, 0.25) is 0 Å². The van der Waals surface area contributed by atoms with E-state index < -0.39 is 11.6 Å². The van der Waals surface area contributed by atoms with Crippen molar-refractivity contribution in [3.63, 3.8) is 0 Å². The Morgan fingerprint density at radius 1 is 1.15 bits per heavy atom. The van der Waals surface area contributed by atoms with Gasteiger partial charge in [-0.05, 0) is 47.9 Å². The molecule has 0 saturated heterocycles. The van der Waals surface area contributed by atoms with Crippen molar-refractivity contribution >= 4 is 0 Å². The normalized spacial score (nSPS) is 25.0. The van der Waals surface area contributed by atoms with Crippen molar-refractivity contribution < 1.29 is 13.2 Å². The summed E-state index contributed by atoms with van der Waals surface area (Å²) in [6.45, 7) is 6.24. The third-order valence-corrected chi connectivity index (χ3v) is 6.66. The summed E-state index contributed by atoms with van der Waals surface area (Å²) in [6.07, 6.45) is 3.59. The van der Waals surface area contributed by atoms with Gasteiger partial charge in [-0.3, -0.25) is 0 Å². The summed E-state index contributed by atoms with van der Waals surface area (Å²) in [5, 5.41) is 8.70. The van der Waals surface area contributed by atoms with Crippen LogP contribution in [0.25, 0.3) is 11.3 Å². The smallest absolute Gasteiger partial charge is 0.191 e. The molecule has 0 N–H and O–H groups in total. The fourth-order valence-electron chi connectivity index (χ4n) is 5.32. The molecule has 4 nitrogen and oxygen atoms in total. The number of fused-ring (bicyclic) bond motifs is 5. The van der Waals surface area contributed by atoms with Crippen LogP contribution in [-0.4, -0.2) is 15.2 Å². The van der Waals surface area contributed by atoms with Crippen molar-refractivity contribution in [2.24, 2.45) is 5.41 Å². The number of hydrogen-bond donors (Lipinski definition) is 0. The van der Waals surface area contributed by atoms with E-state index in [2.05, 4.69) is 29.0 Å². The lowest BCUT2D eigenvalue weighted by Crippen LogP contribution is -2.37. The first-order valence-corrected chi connectivity index (χ1v) is 9.11. The molecule has 1 saturated carbocycles. The van der Waals surface area contributed by atoms with Gasteiger partial charge >= 0.3 is 0 Å². The Hall–Kier alpha value is -2.63. The minimum atomic E-state index is -0.631. The molecule has 2 atom stereocenters. The standard InChI is InChI=1S/C21H19F2N3O/c1-11-24-17(10-27-11)21-8-7-13(20(21,2)3)12-9-16(25-26-19(12)21)18-14(22)5-4-6-15(18)23/h4-6,9-10,13H,7-8H2,1-3H3/t13-,21-/m0/s1. The van der Waals surface area contributed by atoms with Gasteiger partial charge in [-0.25, -0.2) is 13.8 Å². The Morgan fingerprint density at radius 2 is 1.89 bits per heavy atom. The van der Waals surface area contributed by atoms with Crippen LogP contribution in [0.15, 0.2) is 34.9 Å². The predicted octanol–water partition coefficient (Wildman–Crippen LogP) is 4.92. The van der Waals surface area contributed by atoms with Gasteiger partial charge in [0.2, 0.25) is 0 Å². The second-order valence-electron chi connectivity index (χ2n) is 8.10. The third kappa shape index (κ3) is 1.93. The Balaban J connectivity index is 1.73. The Labute approximate surface area is 155 Å². The summed E-state index contributed by atoms with van der Waals surface area (Å²) in [4.78, 5) is 4.61. The van der Waals surface area contributed by atoms with Crippen LogP contribution in [0.1, 0.15) is 55.4 Å². The van der Waals surface area contributed by atoms with E-state index in [4.69, 9.17) is 4.42 Å². The van der Waals surface area contributed by atoms with E-state index in [-0.39, 0.29) is 28.0 Å². The van der Waals surface area contributed by atoms with Crippen molar-refractivity contribution in [2.75, 3.05) is 0 Å². The molecule has 0 unspecified atom stereocenters. The van der Waals surface area contributed by atoms with Crippen LogP contribution < -0.4 is 0 Å². The molecule has 0 spiro atoms. The Morgan fingerprint density at radius 3 is 2.56 bits per heavy atom. The van der Waals surface area contributed by atoms with Crippen LogP contribution >= 0.6 is 0 Å². The third-order valence-electron chi connectivity index (χ3n) is 6.66. The summed E-state index contributed by atoms with van der Waals surface area (Å²) in [5.74, 6) is -0.416. The maximum Gasteiger partial charge on any atom is 0.191 e. The van der Waals surface area contributed by atoms with Gasteiger partial charge in [0.25, 0.3) is 0 Å². The molecule has 2 heterocycles. The molecular formula is C21H19F2N3O. The molecule has 0 amide bonds. The highest BCUT2D eigenvalue weighted by molar-refractivity contribution is 5.64. The highest BCUT2D eigenvalue weighted by Gasteiger charge is 2.65. The van der Waals surface area contributed by atoms with Crippen LogP contribution in [0, 0.1) is 24.0 Å². The summed E-state index contributed by atoms with van der Waals surface area (Å²) in [5.41, 5.74) is 2.32. The molecule has 2 bridgehead atoms. The fourth-order valence-corrected chi connectivity index (χ4v) is 5.32. The molecule has 0 radical (unpaired) electrons. The molecule has 1 fully saturated rings. The monoisotopic (exact) mass is 367 g/mol. The van der Waals surface area contributed by atoms with Crippen molar-refractivity contribution in [3.8, 4) is 11.3 Å². The first-order valence-electron chi connectivity index (χ1n) is 9.11. The predicted molar refractivity (Wildman–Crippen MR) is 95.2 cm³/mol. The molecule has 3 aromatic rings. The second kappa shape index (κ2) is 5.21. The number of nitrogens with zero attached hydrogens (tertiary/aromatic N) is 3. The lowest BCUT2D eigenvalue weighted by molar-refractivity contribution is 0.242. The van der Waals surface area contributed by atoms with E-state index >= 15 is 0 Å². The minimum Gasteiger partial charge on any atom is -0.449 e. The lowest BCUT2D eigenvalue weighted by atomic mass is 9.66. The van der Waals surface area contributed by atoms with Gasteiger partial charge in [-0.2, -0.15) is 5.10 Å². The van der Waals surface area contributed by atoms with E-state index in [9.17, 15) is 8.78 Å². The van der Waals surface area contributed by atoms with Gasteiger partial charge < -0.3 is 4.42 Å². The summed E-state index contributed by atoms with van der Waals surface area (Å²) >= 11 is 0. The molecular weight excluding hydrogens is 348 g/mol. The van der Waals surface area contributed by atoms with Crippen molar-refractivity contribution in [3.05, 3.63) is 65.0 Å². The molecule has 1 aromatic carbocycles. The highest BCUT2D eigenvalue weighted by Crippen LogP contribution is 2.69. The quantitative estimate of drug-likeness (QED) is 0.645. The topological polar surface area (TPSA) is 51.8 Å². The zero-order valence-corrected chi connectivity index (χ0v) is 15.4. The fraction of sp³-hybridized carbons (Fsp3) is 0.381. The Bertz CT molecular complexity index is 1050. The van der Waals surface area contributed by atoms with Crippen molar-refractivity contribution in [1.82, 2.24) is 15.2 Å². The molecule has 2 aliphatic carbocycles. The first-order chi connectivity index (χ1) is 12.9. The zero-order valence-electron chi connectivity index (χ0n) is 15.4. The first kappa shape index (κ1) is 16.5. The molecule has 2 aromatic heterocycles. The minimum absolute atomic E-state index is 0.125. The molecule has 6 heteroatoms. The summed E-state index contributed by atoms with van der Waals surface area (Å²) in [7, 11) is 0.